The maximum atomic E-state index is 5.60. The summed E-state index contributed by atoms with van der Waals surface area (Å²) in [6, 6.07) is 0. The molecule has 1 aliphatic heterocycles. The predicted molar refractivity (Wildman–Crippen MR) is 101 cm³/mol. The highest BCUT2D eigenvalue weighted by atomic mass is 32.1. The van der Waals surface area contributed by atoms with Crippen molar-refractivity contribution in [2.45, 2.75) is 70.8 Å². The molecule has 0 radical (unpaired) electrons. The van der Waals surface area contributed by atoms with Crippen LogP contribution in [0.15, 0.2) is 5.10 Å². The number of hydrogen-bond donors (Lipinski definition) is 2. The number of nitrogens with zero attached hydrogens (tertiary/aromatic N) is 1. The van der Waals surface area contributed by atoms with Gasteiger partial charge in [-0.2, -0.15) is 5.10 Å². The lowest BCUT2D eigenvalue weighted by atomic mass is 9.48. The number of ether oxygens (including phenoxy) is 1. The van der Waals surface area contributed by atoms with Crippen LogP contribution < -0.4 is 10.7 Å². The quantitative estimate of drug-likeness (QED) is 0.452. The van der Waals surface area contributed by atoms with Crippen LogP contribution in [0.3, 0.4) is 0 Å². The van der Waals surface area contributed by atoms with Gasteiger partial charge < -0.3 is 10.1 Å². The van der Waals surface area contributed by atoms with Gasteiger partial charge in [0, 0.05) is 18.9 Å². The number of thiocarbonyl (C=S) groups is 1. The lowest BCUT2D eigenvalue weighted by Gasteiger charge is -2.57. The molecule has 1 atom stereocenters. The van der Waals surface area contributed by atoms with Gasteiger partial charge in [0.15, 0.2) is 5.11 Å². The molecule has 4 saturated carbocycles. The SMILES string of the molecule is C/C(CC12CC3CC(CC(C3)C1)C2)=N/NC(=S)NC[C@@H]1CCCO1. The van der Waals surface area contributed by atoms with E-state index in [1.54, 1.807) is 0 Å². The van der Waals surface area contributed by atoms with Crippen molar-refractivity contribution in [3.8, 4) is 0 Å². The van der Waals surface area contributed by atoms with E-state index < -0.39 is 0 Å². The molecular formula is C19H31N3OS. The minimum atomic E-state index is 0.307. The fraction of sp³-hybridized carbons (Fsp3) is 0.895. The minimum absolute atomic E-state index is 0.307. The average molecular weight is 350 g/mol. The summed E-state index contributed by atoms with van der Waals surface area (Å²) in [5.74, 6) is 3.02. The van der Waals surface area contributed by atoms with Crippen LogP contribution in [0, 0.1) is 23.2 Å². The third-order valence-corrected chi connectivity index (χ3v) is 6.89. The van der Waals surface area contributed by atoms with Gasteiger partial charge in [0.25, 0.3) is 0 Å². The Labute approximate surface area is 151 Å². The van der Waals surface area contributed by atoms with E-state index in [1.165, 1.54) is 44.2 Å². The zero-order valence-corrected chi connectivity index (χ0v) is 15.7. The van der Waals surface area contributed by atoms with Crippen LogP contribution >= 0.6 is 12.2 Å². The topological polar surface area (TPSA) is 45.7 Å². The van der Waals surface area contributed by atoms with Crippen molar-refractivity contribution in [2.24, 2.45) is 28.3 Å². The number of hydrogen-bond acceptors (Lipinski definition) is 3. The maximum Gasteiger partial charge on any atom is 0.187 e. The Hall–Kier alpha value is -0.680. The first-order valence-electron chi connectivity index (χ1n) is 9.79. The van der Waals surface area contributed by atoms with Crippen LogP contribution in [0.5, 0.6) is 0 Å². The second kappa shape index (κ2) is 6.91. The molecule has 1 heterocycles. The van der Waals surface area contributed by atoms with E-state index in [-0.39, 0.29) is 0 Å². The molecular weight excluding hydrogens is 318 g/mol. The molecule has 2 N–H and O–H groups in total. The molecule has 5 rings (SSSR count). The predicted octanol–water partition coefficient (Wildman–Crippen LogP) is 3.61. The second-order valence-corrected chi connectivity index (χ2v) is 9.31. The first-order chi connectivity index (χ1) is 11.6. The Bertz CT molecular complexity index is 477. The van der Waals surface area contributed by atoms with Crippen molar-refractivity contribution in [3.05, 3.63) is 0 Å². The van der Waals surface area contributed by atoms with Gasteiger partial charge in [-0.1, -0.05) is 0 Å². The maximum absolute atomic E-state index is 5.60. The van der Waals surface area contributed by atoms with Crippen LogP contribution in [-0.4, -0.2) is 30.1 Å². The van der Waals surface area contributed by atoms with E-state index >= 15 is 0 Å². The fourth-order valence-corrected chi connectivity index (χ4v) is 6.42. The molecule has 1 saturated heterocycles. The molecule has 4 nitrogen and oxygen atoms in total. The molecule has 0 aromatic carbocycles. The standard InChI is InChI=1S/C19H31N3OS/c1-13(21-22-18(24)20-12-17-3-2-4-23-17)8-19-9-14-5-15(10-19)7-16(6-14)11-19/h14-17H,2-12H2,1H3,(H2,20,22,24)/b21-13-/t14?,15?,16?,17-,19?/m0/s1. The Balaban J connectivity index is 1.25. The van der Waals surface area contributed by atoms with Gasteiger partial charge in [-0.15, -0.1) is 0 Å². The smallest absolute Gasteiger partial charge is 0.187 e. The van der Waals surface area contributed by atoms with Crippen molar-refractivity contribution in [2.75, 3.05) is 13.2 Å². The summed E-state index contributed by atoms with van der Waals surface area (Å²) in [6.07, 6.45) is 12.6. The summed E-state index contributed by atoms with van der Waals surface area (Å²) >= 11 is 5.34. The van der Waals surface area contributed by atoms with Crippen LogP contribution in [-0.2, 0) is 4.74 Å². The van der Waals surface area contributed by atoms with Gasteiger partial charge in [0.2, 0.25) is 0 Å². The highest BCUT2D eigenvalue weighted by molar-refractivity contribution is 7.80. The summed E-state index contributed by atoms with van der Waals surface area (Å²) in [4.78, 5) is 0. The molecule has 0 aromatic heterocycles. The number of nitrogens with one attached hydrogen (secondary N) is 2. The van der Waals surface area contributed by atoms with Crippen molar-refractivity contribution >= 4 is 23.0 Å². The zero-order chi connectivity index (χ0) is 16.6. The van der Waals surface area contributed by atoms with Gasteiger partial charge in [0.05, 0.1) is 6.10 Å². The van der Waals surface area contributed by atoms with Crippen molar-refractivity contribution in [3.63, 3.8) is 0 Å². The monoisotopic (exact) mass is 349 g/mol. The summed E-state index contributed by atoms with van der Waals surface area (Å²) in [7, 11) is 0. The van der Waals surface area contributed by atoms with Crippen LogP contribution in [0.4, 0.5) is 0 Å². The molecule has 0 amide bonds. The summed E-state index contributed by atoms with van der Waals surface area (Å²) in [6.45, 7) is 3.83. The molecule has 4 aliphatic carbocycles. The Morgan fingerprint density at radius 3 is 2.42 bits per heavy atom. The van der Waals surface area contributed by atoms with Crippen molar-refractivity contribution in [1.29, 1.82) is 0 Å². The fourth-order valence-electron chi connectivity index (χ4n) is 6.29. The molecule has 5 heteroatoms. The van der Waals surface area contributed by atoms with E-state index in [0.29, 0.717) is 16.6 Å². The molecule has 5 fully saturated rings. The third-order valence-electron chi connectivity index (χ3n) is 6.66. The Morgan fingerprint density at radius 1 is 1.17 bits per heavy atom. The van der Waals surface area contributed by atoms with Gasteiger partial charge in [-0.3, -0.25) is 5.43 Å². The second-order valence-electron chi connectivity index (χ2n) is 8.90. The van der Waals surface area contributed by atoms with Gasteiger partial charge >= 0.3 is 0 Å². The largest absolute Gasteiger partial charge is 0.376 e. The van der Waals surface area contributed by atoms with Gasteiger partial charge in [-0.25, -0.2) is 0 Å². The lowest BCUT2D eigenvalue weighted by Crippen LogP contribution is -2.46. The highest BCUT2D eigenvalue weighted by Crippen LogP contribution is 2.61. The molecule has 4 bridgehead atoms. The van der Waals surface area contributed by atoms with E-state index in [1.807, 2.05) is 0 Å². The van der Waals surface area contributed by atoms with E-state index in [2.05, 4.69) is 22.8 Å². The molecule has 0 spiro atoms. The highest BCUT2D eigenvalue weighted by Gasteiger charge is 2.50. The summed E-state index contributed by atoms with van der Waals surface area (Å²) in [5.41, 5.74) is 4.80. The van der Waals surface area contributed by atoms with Crippen LogP contribution in [0.25, 0.3) is 0 Å². The molecule has 0 aromatic rings. The van der Waals surface area contributed by atoms with E-state index in [4.69, 9.17) is 17.0 Å². The van der Waals surface area contributed by atoms with Crippen LogP contribution in [0.1, 0.15) is 64.7 Å². The summed E-state index contributed by atoms with van der Waals surface area (Å²) < 4.78 is 5.60. The van der Waals surface area contributed by atoms with Crippen molar-refractivity contribution < 1.29 is 4.74 Å². The van der Waals surface area contributed by atoms with E-state index in [9.17, 15) is 0 Å². The molecule has 134 valence electrons. The van der Waals surface area contributed by atoms with Crippen LogP contribution in [0.2, 0.25) is 0 Å². The third kappa shape index (κ3) is 3.77. The Morgan fingerprint density at radius 2 is 1.83 bits per heavy atom. The zero-order valence-electron chi connectivity index (χ0n) is 14.9. The minimum Gasteiger partial charge on any atom is -0.376 e. The van der Waals surface area contributed by atoms with Gasteiger partial charge in [0.1, 0.15) is 0 Å². The number of hydrazone groups is 1. The van der Waals surface area contributed by atoms with Crippen molar-refractivity contribution in [1.82, 2.24) is 10.7 Å². The first-order valence-corrected chi connectivity index (χ1v) is 10.2. The molecule has 24 heavy (non-hydrogen) atoms. The first kappa shape index (κ1) is 16.8. The summed E-state index contributed by atoms with van der Waals surface area (Å²) in [5, 5.41) is 8.42. The molecule has 5 aliphatic rings. The number of rotatable bonds is 5. The van der Waals surface area contributed by atoms with Gasteiger partial charge in [-0.05, 0) is 100 Å². The average Bonchev–Trinajstić information content (AvgIpc) is 3.02. The molecule has 0 unspecified atom stereocenters. The Kier molecular flexibility index (Phi) is 4.83. The van der Waals surface area contributed by atoms with E-state index in [0.717, 1.165) is 50.2 Å². The lowest BCUT2D eigenvalue weighted by molar-refractivity contribution is -0.0482. The normalized spacial score (nSPS) is 40.8.